The summed E-state index contributed by atoms with van der Waals surface area (Å²) in [5.41, 5.74) is -0.182. The van der Waals surface area contributed by atoms with Crippen LogP contribution in [0.4, 0.5) is 0 Å². The Bertz CT molecular complexity index is 547. The Labute approximate surface area is 127 Å². The molecule has 0 atom stereocenters. The van der Waals surface area contributed by atoms with Gasteiger partial charge >= 0.3 is 11.9 Å². The Morgan fingerprint density at radius 3 is 2.09 bits per heavy atom. The van der Waals surface area contributed by atoms with Gasteiger partial charge in [-0.3, -0.25) is 14.4 Å². The van der Waals surface area contributed by atoms with Crippen molar-refractivity contribution in [2.24, 2.45) is 5.92 Å². The largest absolute Gasteiger partial charge is 0.508 e. The second-order valence-electron chi connectivity index (χ2n) is 4.39. The molecule has 0 aliphatic heterocycles. The summed E-state index contributed by atoms with van der Waals surface area (Å²) in [5, 5.41) is 19.0. The molecule has 0 heterocycles. The van der Waals surface area contributed by atoms with Gasteiger partial charge in [-0.1, -0.05) is 0 Å². The number of rotatable bonds is 7. The molecular formula is C15H18O7. The highest BCUT2D eigenvalue weighted by Crippen LogP contribution is 2.25. The SMILES string of the molecule is CCOC(=O)C(CC(=O)c1cc(O)ccc1O)C(=O)OCC. The van der Waals surface area contributed by atoms with E-state index in [0.29, 0.717) is 0 Å². The number of hydrogen-bond donors (Lipinski definition) is 2. The summed E-state index contributed by atoms with van der Waals surface area (Å²) >= 11 is 0. The number of benzene rings is 1. The predicted octanol–water partition coefficient (Wildman–Crippen LogP) is 1.41. The third kappa shape index (κ3) is 4.47. The summed E-state index contributed by atoms with van der Waals surface area (Å²) in [6.45, 7) is 3.26. The van der Waals surface area contributed by atoms with Gasteiger partial charge in [0.2, 0.25) is 0 Å². The third-order valence-electron chi connectivity index (χ3n) is 2.81. The van der Waals surface area contributed by atoms with Crippen molar-refractivity contribution in [3.63, 3.8) is 0 Å². The van der Waals surface area contributed by atoms with Gasteiger partial charge in [-0.25, -0.2) is 0 Å². The minimum atomic E-state index is -1.41. The van der Waals surface area contributed by atoms with Crippen LogP contribution in [-0.2, 0) is 19.1 Å². The summed E-state index contributed by atoms with van der Waals surface area (Å²) in [6.07, 6.45) is -0.519. The lowest BCUT2D eigenvalue weighted by Gasteiger charge is -2.14. The van der Waals surface area contributed by atoms with Gasteiger partial charge in [-0.2, -0.15) is 0 Å². The first kappa shape index (κ1) is 17.5. The van der Waals surface area contributed by atoms with Gasteiger partial charge in [0, 0.05) is 6.42 Å². The molecule has 2 N–H and O–H groups in total. The molecule has 1 rings (SSSR count). The van der Waals surface area contributed by atoms with Gasteiger partial charge in [-0.15, -0.1) is 0 Å². The van der Waals surface area contributed by atoms with Crippen LogP contribution in [0.5, 0.6) is 11.5 Å². The maximum absolute atomic E-state index is 12.2. The fraction of sp³-hybridized carbons (Fsp3) is 0.400. The number of carbonyl (C=O) groups is 3. The van der Waals surface area contributed by atoms with Crippen molar-refractivity contribution in [3.05, 3.63) is 23.8 Å². The Morgan fingerprint density at radius 1 is 1.05 bits per heavy atom. The van der Waals surface area contributed by atoms with Gasteiger partial charge in [0.05, 0.1) is 18.8 Å². The van der Waals surface area contributed by atoms with Gasteiger partial charge in [0.1, 0.15) is 11.5 Å². The van der Waals surface area contributed by atoms with Crippen molar-refractivity contribution in [1.29, 1.82) is 0 Å². The molecule has 0 aromatic heterocycles. The van der Waals surface area contributed by atoms with Crippen LogP contribution in [0.1, 0.15) is 30.6 Å². The predicted molar refractivity (Wildman–Crippen MR) is 75.5 cm³/mol. The molecule has 1 aromatic carbocycles. The number of phenolic OH excluding ortho intramolecular Hbond substituents is 2. The van der Waals surface area contributed by atoms with Gasteiger partial charge < -0.3 is 19.7 Å². The van der Waals surface area contributed by atoms with Crippen molar-refractivity contribution in [3.8, 4) is 11.5 Å². The monoisotopic (exact) mass is 310 g/mol. The summed E-state index contributed by atoms with van der Waals surface area (Å²) in [5.74, 6) is -4.39. The van der Waals surface area contributed by atoms with Gasteiger partial charge in [0.25, 0.3) is 0 Å². The molecule has 0 fully saturated rings. The summed E-state index contributed by atoms with van der Waals surface area (Å²) in [4.78, 5) is 35.7. The Kier molecular flexibility index (Phi) is 6.37. The number of hydrogen-bond acceptors (Lipinski definition) is 7. The lowest BCUT2D eigenvalue weighted by atomic mass is 9.97. The van der Waals surface area contributed by atoms with E-state index in [-0.39, 0.29) is 30.3 Å². The quantitative estimate of drug-likeness (QED) is 0.339. The molecule has 0 saturated carbocycles. The lowest BCUT2D eigenvalue weighted by Crippen LogP contribution is -2.30. The highest BCUT2D eigenvalue weighted by atomic mass is 16.6. The molecule has 0 amide bonds. The van der Waals surface area contributed by atoms with E-state index in [0.717, 1.165) is 12.1 Å². The molecule has 0 bridgehead atoms. The van der Waals surface area contributed by atoms with E-state index in [2.05, 4.69) is 0 Å². The minimum Gasteiger partial charge on any atom is -0.508 e. The normalized spacial score (nSPS) is 10.3. The van der Waals surface area contributed by atoms with E-state index in [1.165, 1.54) is 6.07 Å². The minimum absolute atomic E-state index is 0.0559. The Morgan fingerprint density at radius 2 is 1.59 bits per heavy atom. The van der Waals surface area contributed by atoms with Crippen LogP contribution < -0.4 is 0 Å². The van der Waals surface area contributed by atoms with Crippen molar-refractivity contribution in [2.75, 3.05) is 13.2 Å². The van der Waals surface area contributed by atoms with E-state index < -0.39 is 30.1 Å². The zero-order chi connectivity index (χ0) is 16.7. The van der Waals surface area contributed by atoms with Crippen LogP contribution >= 0.6 is 0 Å². The zero-order valence-electron chi connectivity index (χ0n) is 12.4. The molecule has 0 spiro atoms. The first-order chi connectivity index (χ1) is 10.4. The van der Waals surface area contributed by atoms with E-state index in [4.69, 9.17) is 9.47 Å². The zero-order valence-corrected chi connectivity index (χ0v) is 12.4. The number of phenols is 2. The molecule has 120 valence electrons. The number of carbonyl (C=O) groups excluding carboxylic acids is 3. The summed E-state index contributed by atoms with van der Waals surface area (Å²) < 4.78 is 9.52. The summed E-state index contributed by atoms with van der Waals surface area (Å²) in [6, 6.07) is 3.41. The number of esters is 2. The Hall–Kier alpha value is -2.57. The maximum Gasteiger partial charge on any atom is 0.320 e. The molecule has 0 saturated heterocycles. The lowest BCUT2D eigenvalue weighted by molar-refractivity contribution is -0.161. The van der Waals surface area contributed by atoms with Crippen LogP contribution in [0.25, 0.3) is 0 Å². The van der Waals surface area contributed by atoms with E-state index >= 15 is 0 Å². The van der Waals surface area contributed by atoms with Crippen LogP contribution in [0, 0.1) is 5.92 Å². The van der Waals surface area contributed by atoms with Crippen molar-refractivity contribution < 1.29 is 34.1 Å². The van der Waals surface area contributed by atoms with Gasteiger partial charge in [0.15, 0.2) is 11.7 Å². The van der Waals surface area contributed by atoms with E-state index in [1.54, 1.807) is 13.8 Å². The first-order valence-corrected chi connectivity index (χ1v) is 6.79. The molecule has 0 radical (unpaired) electrons. The highest BCUT2D eigenvalue weighted by Gasteiger charge is 2.32. The fourth-order valence-electron chi connectivity index (χ4n) is 1.79. The molecule has 0 aliphatic carbocycles. The average Bonchev–Trinajstić information content (AvgIpc) is 2.47. The van der Waals surface area contributed by atoms with Gasteiger partial charge in [-0.05, 0) is 32.0 Å². The second kappa shape index (κ2) is 8.02. The van der Waals surface area contributed by atoms with Crippen molar-refractivity contribution in [2.45, 2.75) is 20.3 Å². The number of ether oxygens (including phenoxy) is 2. The number of aromatic hydroxyl groups is 2. The Balaban J connectivity index is 2.97. The topological polar surface area (TPSA) is 110 Å². The van der Waals surface area contributed by atoms with Crippen LogP contribution in [0.3, 0.4) is 0 Å². The molecule has 7 nitrogen and oxygen atoms in total. The highest BCUT2D eigenvalue weighted by molar-refractivity contribution is 6.05. The molecule has 7 heteroatoms. The maximum atomic E-state index is 12.2. The van der Waals surface area contributed by atoms with Crippen LogP contribution in [-0.4, -0.2) is 41.1 Å². The molecule has 0 aliphatic rings. The molecule has 0 unspecified atom stereocenters. The smallest absolute Gasteiger partial charge is 0.320 e. The molecular weight excluding hydrogens is 292 g/mol. The van der Waals surface area contributed by atoms with Crippen LogP contribution in [0.15, 0.2) is 18.2 Å². The standard InChI is InChI=1S/C15H18O7/c1-3-21-14(19)11(15(20)22-4-2)8-13(18)10-7-9(16)5-6-12(10)17/h5-7,11,16-17H,3-4,8H2,1-2H3. The first-order valence-electron chi connectivity index (χ1n) is 6.79. The summed E-state index contributed by atoms with van der Waals surface area (Å²) in [7, 11) is 0. The molecule has 1 aromatic rings. The van der Waals surface area contributed by atoms with E-state index in [1.807, 2.05) is 0 Å². The average molecular weight is 310 g/mol. The molecule has 22 heavy (non-hydrogen) atoms. The number of Topliss-reactive ketones (excluding diaryl/α,β-unsaturated/α-hetero) is 1. The fourth-order valence-corrected chi connectivity index (χ4v) is 1.79. The number of ketones is 1. The second-order valence-corrected chi connectivity index (χ2v) is 4.39. The van der Waals surface area contributed by atoms with Crippen molar-refractivity contribution >= 4 is 17.7 Å². The van der Waals surface area contributed by atoms with Crippen LogP contribution in [0.2, 0.25) is 0 Å². The van der Waals surface area contributed by atoms with Crippen molar-refractivity contribution in [1.82, 2.24) is 0 Å². The third-order valence-corrected chi connectivity index (χ3v) is 2.81. The van der Waals surface area contributed by atoms with E-state index in [9.17, 15) is 24.6 Å².